The molecule has 3 heterocycles. The highest BCUT2D eigenvalue weighted by molar-refractivity contribution is 5.97. The lowest BCUT2D eigenvalue weighted by atomic mass is 10.1. The maximum atomic E-state index is 11.6. The molecule has 7 nitrogen and oxygen atoms in total. The van der Waals surface area contributed by atoms with Gasteiger partial charge in [-0.2, -0.15) is 10.2 Å². The Bertz CT molecular complexity index is 686. The third kappa shape index (κ3) is 2.28. The van der Waals surface area contributed by atoms with E-state index in [1.165, 1.54) is 0 Å². The van der Waals surface area contributed by atoms with Crippen molar-refractivity contribution in [3.05, 3.63) is 18.0 Å². The Morgan fingerprint density at radius 3 is 2.90 bits per heavy atom. The third-order valence-corrected chi connectivity index (χ3v) is 3.58. The second-order valence-electron chi connectivity index (χ2n) is 5.58. The van der Waals surface area contributed by atoms with Gasteiger partial charge in [-0.1, -0.05) is 0 Å². The molecule has 2 aromatic rings. The summed E-state index contributed by atoms with van der Waals surface area (Å²) in [7, 11) is 0. The summed E-state index contributed by atoms with van der Waals surface area (Å²) in [6, 6.07) is 0.209. The molecule has 7 heteroatoms. The number of carboxylic acids is 1. The molecule has 2 aromatic heterocycles. The van der Waals surface area contributed by atoms with Crippen LogP contribution in [0.15, 0.2) is 12.4 Å². The van der Waals surface area contributed by atoms with Crippen molar-refractivity contribution in [2.75, 3.05) is 0 Å². The number of carboxylic acid groups (broad SMARTS) is 1. The molecule has 0 amide bonds. The first-order valence-corrected chi connectivity index (χ1v) is 7.02. The maximum absolute atomic E-state index is 11.6. The zero-order valence-corrected chi connectivity index (χ0v) is 12.3. The van der Waals surface area contributed by atoms with E-state index < -0.39 is 5.97 Å². The Balaban J connectivity index is 2.11. The average Bonchev–Trinajstić information content (AvgIpc) is 3.01. The summed E-state index contributed by atoms with van der Waals surface area (Å²) in [5.41, 5.74) is 1.22. The van der Waals surface area contributed by atoms with Crippen LogP contribution in [0, 0.1) is 0 Å². The van der Waals surface area contributed by atoms with Crippen LogP contribution >= 0.6 is 0 Å². The van der Waals surface area contributed by atoms with E-state index in [0.29, 0.717) is 23.7 Å². The van der Waals surface area contributed by atoms with Gasteiger partial charge in [0.1, 0.15) is 11.3 Å². The van der Waals surface area contributed by atoms with E-state index in [2.05, 4.69) is 10.2 Å². The standard InChI is InChI=1S/C14H18N4O3/c1-8(2)18-7-10(6-15-18)12-11(14(19)20)13-17(16-12)5-4-9(3)21-13/h6-9H,4-5H2,1-3H3,(H,19,20)/t9-/m1/s1. The second kappa shape index (κ2) is 4.91. The number of ether oxygens (including phenoxy) is 1. The summed E-state index contributed by atoms with van der Waals surface area (Å²) < 4.78 is 9.08. The average molecular weight is 290 g/mol. The van der Waals surface area contributed by atoms with Gasteiger partial charge in [0.15, 0.2) is 0 Å². The first-order valence-electron chi connectivity index (χ1n) is 7.02. The van der Waals surface area contributed by atoms with Gasteiger partial charge < -0.3 is 9.84 Å². The molecule has 3 rings (SSSR count). The SMILES string of the molecule is CC(C)n1cc(-c2nn3c(c2C(=O)O)O[C@H](C)CC3)cn1. The number of aryl methyl sites for hydroxylation is 1. The molecule has 0 unspecified atom stereocenters. The molecule has 1 atom stereocenters. The van der Waals surface area contributed by atoms with Crippen molar-refractivity contribution in [2.45, 2.75) is 45.9 Å². The van der Waals surface area contributed by atoms with Crippen LogP contribution < -0.4 is 4.74 Å². The highest BCUT2D eigenvalue weighted by Gasteiger charge is 2.30. The van der Waals surface area contributed by atoms with Gasteiger partial charge in [-0.3, -0.25) is 4.68 Å². The predicted octanol–water partition coefficient (Wildman–Crippen LogP) is 2.20. The normalized spacial score (nSPS) is 17.6. The summed E-state index contributed by atoms with van der Waals surface area (Å²) in [5, 5.41) is 18.2. The summed E-state index contributed by atoms with van der Waals surface area (Å²) in [5.74, 6) is -0.689. The number of aromatic nitrogens is 4. The fourth-order valence-electron chi connectivity index (χ4n) is 2.41. The van der Waals surface area contributed by atoms with Crippen LogP contribution in [0.5, 0.6) is 5.88 Å². The number of hydrogen-bond acceptors (Lipinski definition) is 4. The van der Waals surface area contributed by atoms with Gasteiger partial charge in [0.05, 0.1) is 12.3 Å². The van der Waals surface area contributed by atoms with Crippen molar-refractivity contribution < 1.29 is 14.6 Å². The van der Waals surface area contributed by atoms with Gasteiger partial charge in [0.25, 0.3) is 0 Å². The first-order chi connectivity index (χ1) is 9.97. The van der Waals surface area contributed by atoms with Crippen molar-refractivity contribution >= 4 is 5.97 Å². The topological polar surface area (TPSA) is 82.2 Å². The monoisotopic (exact) mass is 290 g/mol. The predicted molar refractivity (Wildman–Crippen MR) is 75.5 cm³/mol. The van der Waals surface area contributed by atoms with Crippen molar-refractivity contribution in [1.82, 2.24) is 19.6 Å². The van der Waals surface area contributed by atoms with Gasteiger partial charge in [-0.25, -0.2) is 9.48 Å². The summed E-state index contributed by atoms with van der Waals surface area (Å²) in [6.07, 6.45) is 4.27. The van der Waals surface area contributed by atoms with Gasteiger partial charge in [0.2, 0.25) is 5.88 Å². The van der Waals surface area contributed by atoms with Crippen molar-refractivity contribution in [3.63, 3.8) is 0 Å². The van der Waals surface area contributed by atoms with E-state index in [9.17, 15) is 9.90 Å². The quantitative estimate of drug-likeness (QED) is 0.937. The zero-order valence-electron chi connectivity index (χ0n) is 12.3. The Kier molecular flexibility index (Phi) is 3.19. The second-order valence-corrected chi connectivity index (χ2v) is 5.58. The van der Waals surface area contributed by atoms with Crippen molar-refractivity contribution in [2.24, 2.45) is 0 Å². The maximum Gasteiger partial charge on any atom is 0.343 e. The van der Waals surface area contributed by atoms with Gasteiger partial charge in [-0.05, 0) is 20.8 Å². The van der Waals surface area contributed by atoms with Crippen LogP contribution in [0.25, 0.3) is 11.3 Å². The molecule has 0 spiro atoms. The lowest BCUT2D eigenvalue weighted by Crippen LogP contribution is -2.24. The van der Waals surface area contributed by atoms with Crippen LogP contribution in [0.4, 0.5) is 0 Å². The minimum atomic E-state index is -1.03. The molecule has 0 saturated heterocycles. The number of rotatable bonds is 3. The summed E-state index contributed by atoms with van der Waals surface area (Å²) in [4.78, 5) is 11.6. The van der Waals surface area contributed by atoms with E-state index in [0.717, 1.165) is 6.42 Å². The number of nitrogens with zero attached hydrogens (tertiary/aromatic N) is 4. The molecular formula is C14H18N4O3. The highest BCUT2D eigenvalue weighted by Crippen LogP contribution is 2.34. The smallest absolute Gasteiger partial charge is 0.343 e. The Morgan fingerprint density at radius 1 is 1.52 bits per heavy atom. The zero-order chi connectivity index (χ0) is 15.1. The van der Waals surface area contributed by atoms with Crippen molar-refractivity contribution in [1.29, 1.82) is 0 Å². The largest absolute Gasteiger partial charge is 0.477 e. The van der Waals surface area contributed by atoms with Crippen LogP contribution in [-0.4, -0.2) is 36.7 Å². The van der Waals surface area contributed by atoms with Gasteiger partial charge >= 0.3 is 5.97 Å². The van der Waals surface area contributed by atoms with Gasteiger partial charge in [-0.15, -0.1) is 0 Å². The highest BCUT2D eigenvalue weighted by atomic mass is 16.5. The Labute approximate surface area is 122 Å². The molecule has 21 heavy (non-hydrogen) atoms. The molecule has 0 aromatic carbocycles. The Morgan fingerprint density at radius 2 is 2.29 bits per heavy atom. The molecule has 112 valence electrons. The fourth-order valence-corrected chi connectivity index (χ4v) is 2.41. The molecule has 0 aliphatic carbocycles. The first kappa shape index (κ1) is 13.7. The minimum Gasteiger partial charge on any atom is -0.477 e. The molecule has 0 fully saturated rings. The van der Waals surface area contributed by atoms with E-state index in [1.54, 1.807) is 15.6 Å². The minimum absolute atomic E-state index is 0.00135. The number of aromatic carboxylic acids is 1. The summed E-state index contributed by atoms with van der Waals surface area (Å²) in [6.45, 7) is 6.61. The van der Waals surface area contributed by atoms with E-state index in [-0.39, 0.29) is 17.7 Å². The van der Waals surface area contributed by atoms with Crippen LogP contribution in [0.1, 0.15) is 43.6 Å². The number of hydrogen-bond donors (Lipinski definition) is 1. The summed E-state index contributed by atoms with van der Waals surface area (Å²) >= 11 is 0. The van der Waals surface area contributed by atoms with E-state index in [1.807, 2.05) is 27.0 Å². The molecular weight excluding hydrogens is 272 g/mol. The molecule has 1 aliphatic rings. The lowest BCUT2D eigenvalue weighted by Gasteiger charge is -2.21. The number of fused-ring (bicyclic) bond motifs is 1. The van der Waals surface area contributed by atoms with Crippen LogP contribution in [0.2, 0.25) is 0 Å². The Hall–Kier alpha value is -2.31. The molecule has 1 aliphatic heterocycles. The number of carbonyl (C=O) groups is 1. The van der Waals surface area contributed by atoms with Crippen LogP contribution in [-0.2, 0) is 6.54 Å². The molecule has 0 radical (unpaired) electrons. The molecule has 1 N–H and O–H groups in total. The van der Waals surface area contributed by atoms with E-state index >= 15 is 0 Å². The molecule has 0 saturated carbocycles. The van der Waals surface area contributed by atoms with E-state index in [4.69, 9.17) is 4.74 Å². The lowest BCUT2D eigenvalue weighted by molar-refractivity contribution is 0.0684. The van der Waals surface area contributed by atoms with Crippen LogP contribution in [0.3, 0.4) is 0 Å². The molecule has 0 bridgehead atoms. The third-order valence-electron chi connectivity index (χ3n) is 3.58. The fraction of sp³-hybridized carbons (Fsp3) is 0.500. The van der Waals surface area contributed by atoms with Crippen molar-refractivity contribution in [3.8, 4) is 17.1 Å². The van der Waals surface area contributed by atoms with Gasteiger partial charge in [0, 0.05) is 30.8 Å².